The van der Waals surface area contributed by atoms with Gasteiger partial charge in [-0.1, -0.05) is 23.7 Å². The largest absolute Gasteiger partial charge is 0.492 e. The molecule has 0 aliphatic rings. The lowest BCUT2D eigenvalue weighted by Crippen LogP contribution is -2.02. The molecule has 0 fully saturated rings. The van der Waals surface area contributed by atoms with Crippen LogP contribution in [0.5, 0.6) is 5.75 Å². The van der Waals surface area contributed by atoms with Gasteiger partial charge in [0.15, 0.2) is 0 Å². The van der Waals surface area contributed by atoms with Crippen molar-refractivity contribution in [2.45, 2.75) is 13.0 Å². The highest BCUT2D eigenvalue weighted by Gasteiger charge is 2.02. The van der Waals surface area contributed by atoms with Crippen LogP contribution in [-0.2, 0) is 13.0 Å². The van der Waals surface area contributed by atoms with Gasteiger partial charge in [-0.05, 0) is 12.1 Å². The fourth-order valence-electron chi connectivity index (χ4n) is 1.38. The number of benzene rings is 1. The van der Waals surface area contributed by atoms with Crippen molar-refractivity contribution in [3.8, 4) is 5.75 Å². The molecule has 1 heterocycles. The van der Waals surface area contributed by atoms with Gasteiger partial charge in [0.25, 0.3) is 0 Å². The molecule has 0 saturated carbocycles. The minimum absolute atomic E-state index is 0.496. The Morgan fingerprint density at radius 2 is 2.18 bits per heavy atom. The lowest BCUT2D eigenvalue weighted by Gasteiger charge is -2.06. The second-order valence-electron chi connectivity index (χ2n) is 3.47. The van der Waals surface area contributed by atoms with Gasteiger partial charge >= 0.3 is 0 Å². The number of nitrogens with zero attached hydrogens (tertiary/aromatic N) is 1. The zero-order valence-electron chi connectivity index (χ0n) is 9.23. The predicted molar refractivity (Wildman–Crippen MR) is 70.7 cm³/mol. The van der Waals surface area contributed by atoms with E-state index < -0.39 is 0 Å². The zero-order chi connectivity index (χ0) is 12.1. The standard InChI is InChI=1S/C12H13ClN2OS/c13-10-3-1-2-4-11(10)16-6-5-9-8-17-12(7-14)15-9/h1-4,8H,5-7,14H2. The monoisotopic (exact) mass is 268 g/mol. The molecule has 90 valence electrons. The van der Waals surface area contributed by atoms with E-state index in [1.807, 2.05) is 29.6 Å². The summed E-state index contributed by atoms with van der Waals surface area (Å²) in [4.78, 5) is 4.36. The van der Waals surface area contributed by atoms with Gasteiger partial charge in [0.2, 0.25) is 0 Å². The van der Waals surface area contributed by atoms with Gasteiger partial charge in [0.05, 0.1) is 17.3 Å². The summed E-state index contributed by atoms with van der Waals surface area (Å²) in [5.74, 6) is 0.712. The number of hydrogen-bond donors (Lipinski definition) is 1. The van der Waals surface area contributed by atoms with Crippen LogP contribution in [0.15, 0.2) is 29.6 Å². The maximum atomic E-state index is 5.98. The molecule has 2 rings (SSSR count). The molecular formula is C12H13ClN2OS. The second kappa shape index (κ2) is 6.00. The van der Waals surface area contributed by atoms with Crippen molar-refractivity contribution >= 4 is 22.9 Å². The van der Waals surface area contributed by atoms with Gasteiger partial charge in [-0.3, -0.25) is 0 Å². The summed E-state index contributed by atoms with van der Waals surface area (Å²) in [7, 11) is 0. The van der Waals surface area contributed by atoms with Gasteiger partial charge < -0.3 is 10.5 Å². The van der Waals surface area contributed by atoms with Gasteiger partial charge in [-0.2, -0.15) is 0 Å². The highest BCUT2D eigenvalue weighted by atomic mass is 35.5. The molecular weight excluding hydrogens is 256 g/mol. The Morgan fingerprint density at radius 3 is 2.88 bits per heavy atom. The van der Waals surface area contributed by atoms with Crippen LogP contribution in [0.3, 0.4) is 0 Å². The molecule has 1 aromatic heterocycles. The van der Waals surface area contributed by atoms with E-state index in [-0.39, 0.29) is 0 Å². The first-order valence-corrected chi connectivity index (χ1v) is 6.56. The minimum atomic E-state index is 0.496. The molecule has 0 aliphatic heterocycles. The van der Waals surface area contributed by atoms with E-state index in [4.69, 9.17) is 22.1 Å². The highest BCUT2D eigenvalue weighted by Crippen LogP contribution is 2.23. The average Bonchev–Trinajstić information content (AvgIpc) is 2.80. The van der Waals surface area contributed by atoms with E-state index in [2.05, 4.69) is 4.98 Å². The van der Waals surface area contributed by atoms with E-state index in [9.17, 15) is 0 Å². The second-order valence-corrected chi connectivity index (χ2v) is 4.82. The van der Waals surface area contributed by atoms with E-state index in [0.717, 1.165) is 17.1 Å². The van der Waals surface area contributed by atoms with Crippen molar-refractivity contribution in [3.05, 3.63) is 45.4 Å². The maximum absolute atomic E-state index is 5.98. The fraction of sp³-hybridized carbons (Fsp3) is 0.250. The zero-order valence-corrected chi connectivity index (χ0v) is 10.8. The van der Waals surface area contributed by atoms with Gasteiger partial charge in [-0.25, -0.2) is 4.98 Å². The molecule has 0 radical (unpaired) electrons. The number of ether oxygens (including phenoxy) is 1. The predicted octanol–water partition coefficient (Wildman–Crippen LogP) is 2.88. The SMILES string of the molecule is NCc1nc(CCOc2ccccc2Cl)cs1. The molecule has 2 aromatic rings. The van der Waals surface area contributed by atoms with Crippen molar-refractivity contribution < 1.29 is 4.74 Å². The number of hydrogen-bond acceptors (Lipinski definition) is 4. The molecule has 3 nitrogen and oxygen atoms in total. The topological polar surface area (TPSA) is 48.1 Å². The molecule has 0 bridgehead atoms. The van der Waals surface area contributed by atoms with Gasteiger partial charge in [0, 0.05) is 18.3 Å². The Kier molecular flexibility index (Phi) is 4.36. The van der Waals surface area contributed by atoms with Crippen LogP contribution in [-0.4, -0.2) is 11.6 Å². The number of thiazole rings is 1. The van der Waals surface area contributed by atoms with Crippen LogP contribution in [0.2, 0.25) is 5.02 Å². The van der Waals surface area contributed by atoms with E-state index in [1.165, 1.54) is 0 Å². The average molecular weight is 269 g/mol. The maximum Gasteiger partial charge on any atom is 0.137 e. The molecule has 1 aromatic carbocycles. The van der Waals surface area contributed by atoms with Crippen molar-refractivity contribution in [1.29, 1.82) is 0 Å². The fourth-order valence-corrected chi connectivity index (χ4v) is 2.28. The molecule has 5 heteroatoms. The summed E-state index contributed by atoms with van der Waals surface area (Å²) in [6.45, 7) is 1.06. The Bertz CT molecular complexity index is 487. The first kappa shape index (κ1) is 12.4. The smallest absolute Gasteiger partial charge is 0.137 e. The summed E-state index contributed by atoms with van der Waals surface area (Å²) in [5.41, 5.74) is 6.52. The summed E-state index contributed by atoms with van der Waals surface area (Å²) >= 11 is 7.56. The number of para-hydroxylation sites is 1. The number of rotatable bonds is 5. The first-order valence-electron chi connectivity index (χ1n) is 5.30. The summed E-state index contributed by atoms with van der Waals surface area (Å²) in [6.07, 6.45) is 0.766. The lowest BCUT2D eigenvalue weighted by atomic mass is 10.3. The van der Waals surface area contributed by atoms with E-state index in [1.54, 1.807) is 11.3 Å². The number of nitrogens with two attached hydrogens (primary N) is 1. The first-order chi connectivity index (χ1) is 8.29. The molecule has 0 amide bonds. The third-order valence-corrected chi connectivity index (χ3v) is 3.46. The van der Waals surface area contributed by atoms with Crippen LogP contribution >= 0.6 is 22.9 Å². The molecule has 0 spiro atoms. The third kappa shape index (κ3) is 3.43. The molecule has 2 N–H and O–H groups in total. The van der Waals surface area contributed by atoms with Crippen LogP contribution in [0, 0.1) is 0 Å². The van der Waals surface area contributed by atoms with E-state index in [0.29, 0.717) is 23.9 Å². The Labute approximate surface area is 109 Å². The van der Waals surface area contributed by atoms with Gasteiger partial charge in [-0.15, -0.1) is 11.3 Å². The lowest BCUT2D eigenvalue weighted by molar-refractivity contribution is 0.321. The van der Waals surface area contributed by atoms with Crippen molar-refractivity contribution in [2.24, 2.45) is 5.73 Å². The molecule has 17 heavy (non-hydrogen) atoms. The van der Waals surface area contributed by atoms with Gasteiger partial charge in [0.1, 0.15) is 10.8 Å². The summed E-state index contributed by atoms with van der Waals surface area (Å²) in [6, 6.07) is 7.45. The molecule has 0 saturated heterocycles. The quantitative estimate of drug-likeness (QED) is 0.907. The minimum Gasteiger partial charge on any atom is -0.492 e. The van der Waals surface area contributed by atoms with Crippen LogP contribution < -0.4 is 10.5 Å². The summed E-state index contributed by atoms with van der Waals surface area (Å²) in [5, 5.41) is 3.60. The third-order valence-electron chi connectivity index (χ3n) is 2.23. The number of aromatic nitrogens is 1. The van der Waals surface area contributed by atoms with Crippen LogP contribution in [0.4, 0.5) is 0 Å². The van der Waals surface area contributed by atoms with Crippen molar-refractivity contribution in [1.82, 2.24) is 4.98 Å². The normalized spacial score (nSPS) is 10.5. The highest BCUT2D eigenvalue weighted by molar-refractivity contribution is 7.09. The Hall–Kier alpha value is -1.10. The Morgan fingerprint density at radius 1 is 1.35 bits per heavy atom. The summed E-state index contributed by atoms with van der Waals surface area (Å²) < 4.78 is 5.59. The van der Waals surface area contributed by atoms with Crippen LogP contribution in [0.25, 0.3) is 0 Å². The van der Waals surface area contributed by atoms with Crippen molar-refractivity contribution in [3.63, 3.8) is 0 Å². The molecule has 0 aliphatic carbocycles. The molecule has 0 atom stereocenters. The van der Waals surface area contributed by atoms with Crippen molar-refractivity contribution in [2.75, 3.05) is 6.61 Å². The Balaban J connectivity index is 1.85. The number of halogens is 1. The molecule has 0 unspecified atom stereocenters. The van der Waals surface area contributed by atoms with E-state index >= 15 is 0 Å². The van der Waals surface area contributed by atoms with Crippen LogP contribution in [0.1, 0.15) is 10.7 Å².